The maximum atomic E-state index is 12.6. The molecule has 5 heterocycles. The number of pyridine rings is 2. The van der Waals surface area contributed by atoms with Gasteiger partial charge in [0.2, 0.25) is 40.2 Å². The highest BCUT2D eigenvalue weighted by atomic mass is 16.5. The van der Waals surface area contributed by atoms with Crippen LogP contribution in [0.3, 0.4) is 0 Å². The molecule has 13 heteroatoms. The second-order valence-corrected chi connectivity index (χ2v) is 19.1. The highest BCUT2D eigenvalue weighted by Crippen LogP contribution is 2.49. The van der Waals surface area contributed by atoms with Gasteiger partial charge in [-0.1, -0.05) is 18.2 Å². The number of fused-ring (bicyclic) bond motifs is 7. The van der Waals surface area contributed by atoms with E-state index in [0.29, 0.717) is 25.9 Å². The molecular weight excluding hydrogens is 865 g/mol. The lowest BCUT2D eigenvalue weighted by molar-refractivity contribution is -0.671. The zero-order valence-electron chi connectivity index (χ0n) is 40.8. The number of amides is 3. The monoisotopic (exact) mass is 933 g/mol. The second-order valence-electron chi connectivity index (χ2n) is 19.1. The molecule has 0 saturated heterocycles. The molecule has 2 aromatic heterocycles. The van der Waals surface area contributed by atoms with E-state index in [1.54, 1.807) is 0 Å². The molecule has 3 N–H and O–H groups in total. The first-order valence-electron chi connectivity index (χ1n) is 25.1. The van der Waals surface area contributed by atoms with Gasteiger partial charge in [0.15, 0.2) is 11.9 Å². The quantitative estimate of drug-likeness (QED) is 0.0357. The van der Waals surface area contributed by atoms with Crippen LogP contribution in [-0.2, 0) is 27.5 Å². The molecule has 13 nitrogen and oxygen atoms in total. The van der Waals surface area contributed by atoms with Crippen LogP contribution >= 0.6 is 0 Å². The average molecular weight is 933 g/mol. The first-order chi connectivity index (χ1) is 33.6. The van der Waals surface area contributed by atoms with Crippen LogP contribution in [0.25, 0.3) is 38.3 Å². The van der Waals surface area contributed by atoms with Crippen LogP contribution in [0.4, 0.5) is 17.1 Å². The molecule has 1 atom stereocenters. The number of rotatable bonds is 22. The molecule has 0 bridgehead atoms. The molecule has 0 spiro atoms. The van der Waals surface area contributed by atoms with Crippen LogP contribution in [0.15, 0.2) is 103 Å². The Kier molecular flexibility index (Phi) is 14.8. The number of aryl methyl sites for hydroxylation is 2. The smallest absolute Gasteiger partial charge is 0.239 e. The maximum Gasteiger partial charge on any atom is 0.239 e. The van der Waals surface area contributed by atoms with Crippen molar-refractivity contribution in [2.24, 2.45) is 0 Å². The van der Waals surface area contributed by atoms with Gasteiger partial charge in [0.05, 0.1) is 23.2 Å². The number of benzene rings is 4. The lowest BCUT2D eigenvalue weighted by Crippen LogP contribution is -2.40. The van der Waals surface area contributed by atoms with E-state index in [2.05, 4.69) is 153 Å². The Morgan fingerprint density at radius 2 is 1.28 bits per heavy atom. The molecule has 3 aliphatic rings. The van der Waals surface area contributed by atoms with Crippen molar-refractivity contribution in [2.75, 3.05) is 69.1 Å². The summed E-state index contributed by atoms with van der Waals surface area (Å²) in [4.78, 5) is 44.2. The number of anilines is 3. The third kappa shape index (κ3) is 10.7. The van der Waals surface area contributed by atoms with E-state index >= 15 is 0 Å². The van der Waals surface area contributed by atoms with Crippen molar-refractivity contribution in [1.82, 2.24) is 16.0 Å². The van der Waals surface area contributed by atoms with E-state index in [1.807, 2.05) is 12.1 Å². The van der Waals surface area contributed by atoms with E-state index in [4.69, 9.17) is 9.47 Å². The summed E-state index contributed by atoms with van der Waals surface area (Å²) in [6.07, 6.45) is 11.8. The lowest BCUT2D eigenvalue weighted by atomic mass is 9.90. The first-order valence-corrected chi connectivity index (χ1v) is 25.1. The van der Waals surface area contributed by atoms with Gasteiger partial charge in [-0.05, 0) is 93.5 Å². The van der Waals surface area contributed by atoms with Crippen LogP contribution in [0.5, 0.6) is 11.5 Å². The number of unbranched alkanes of at least 4 members (excludes halogenated alkanes) is 6. The minimum atomic E-state index is -0.184. The Morgan fingerprint density at radius 3 is 1.99 bits per heavy atom. The molecule has 0 fully saturated rings. The molecule has 0 saturated carbocycles. The van der Waals surface area contributed by atoms with E-state index in [9.17, 15) is 14.4 Å². The SMILES string of the molecule is CN(C)c1ccc2cc3ccc(N(C)C)cc3[n+](CCCCCC(=O)NCCCCCNC(=O)CNC(=O)CCCCC[n+]3ccc4c5c(cccc53)OC3CCN5C(=C43)Oc3ccccc35)c2c1. The van der Waals surface area contributed by atoms with Crippen molar-refractivity contribution >= 4 is 73.1 Å². The predicted molar refractivity (Wildman–Crippen MR) is 275 cm³/mol. The minimum absolute atomic E-state index is 0.0205. The second kappa shape index (κ2) is 21.6. The van der Waals surface area contributed by atoms with Crippen LogP contribution in [0, 0.1) is 0 Å². The van der Waals surface area contributed by atoms with Gasteiger partial charge >= 0.3 is 0 Å². The van der Waals surface area contributed by atoms with Gasteiger partial charge in [0, 0.05) is 132 Å². The molecule has 9 rings (SSSR count). The fourth-order valence-corrected chi connectivity index (χ4v) is 10.1. The number of hydrogen-bond donors (Lipinski definition) is 3. The largest absolute Gasteiger partial charge is 0.485 e. The summed E-state index contributed by atoms with van der Waals surface area (Å²) < 4.78 is 17.8. The number of para-hydroxylation sites is 2. The Balaban J connectivity index is 0.624. The zero-order chi connectivity index (χ0) is 47.9. The Morgan fingerprint density at radius 1 is 0.638 bits per heavy atom. The Bertz CT molecular complexity index is 2830. The number of hydrogen-bond acceptors (Lipinski definition) is 8. The number of ether oxygens (including phenoxy) is 2. The fraction of sp³-hybridized carbons (Fsp3) is 0.411. The Labute approximate surface area is 406 Å². The van der Waals surface area contributed by atoms with Gasteiger partial charge in [-0.2, -0.15) is 9.13 Å². The minimum Gasteiger partial charge on any atom is -0.485 e. The van der Waals surface area contributed by atoms with Crippen molar-refractivity contribution in [3.63, 3.8) is 0 Å². The van der Waals surface area contributed by atoms with Crippen molar-refractivity contribution in [3.05, 3.63) is 109 Å². The van der Waals surface area contributed by atoms with Gasteiger partial charge < -0.3 is 40.1 Å². The van der Waals surface area contributed by atoms with Crippen LogP contribution in [0.1, 0.15) is 82.6 Å². The summed E-state index contributed by atoms with van der Waals surface area (Å²) >= 11 is 0. The van der Waals surface area contributed by atoms with Crippen molar-refractivity contribution in [1.29, 1.82) is 0 Å². The molecule has 1 unspecified atom stereocenters. The number of carbonyl (C=O) groups excluding carboxylic acids is 3. The van der Waals surface area contributed by atoms with Gasteiger partial charge in [0.1, 0.15) is 24.9 Å². The van der Waals surface area contributed by atoms with Gasteiger partial charge in [0.25, 0.3) is 0 Å². The molecular formula is C56H68N8O5+2. The standard InChI is InChI=1S/C56H66N8O5/c1-60(2)41-25-23-39-35-40-24-26-42(61(3)4)37-47(40)63(46(39)36-41)32-15-6-9-21-51(65)57-29-12-7-13-30-58-53(67)38-59-52(66)22-8-5-14-31-62-33-27-43-54-45(62)18-16-20-49(54)68-50-28-34-64-44-17-10-11-19-48(44)69-56(64)55(43)50/h10-11,16-20,23-27,33,35-37,50H,5-9,12-15,21-22,28-32,34,38H2,1-4H3,(H-2,57,58,59,65,66,67)/p+2. The van der Waals surface area contributed by atoms with E-state index in [-0.39, 0.29) is 30.4 Å². The number of nitrogens with one attached hydrogen (secondary N) is 3. The third-order valence-electron chi connectivity index (χ3n) is 13.8. The fourth-order valence-electron chi connectivity index (χ4n) is 10.1. The summed E-state index contributed by atoms with van der Waals surface area (Å²) in [6, 6.07) is 32.3. The molecule has 0 aliphatic carbocycles. The first kappa shape index (κ1) is 47.2. The summed E-state index contributed by atoms with van der Waals surface area (Å²) in [5.74, 6) is 2.48. The van der Waals surface area contributed by atoms with E-state index < -0.39 is 0 Å². The summed E-state index contributed by atoms with van der Waals surface area (Å²) in [5.41, 5.74) is 9.30. The zero-order valence-corrected chi connectivity index (χ0v) is 40.8. The maximum absolute atomic E-state index is 12.6. The Hall–Kier alpha value is -6.89. The molecule has 0 radical (unpaired) electrons. The molecule has 6 aromatic rings. The van der Waals surface area contributed by atoms with E-state index in [0.717, 1.165) is 123 Å². The van der Waals surface area contributed by atoms with Crippen molar-refractivity contribution in [3.8, 4) is 11.5 Å². The number of carbonyl (C=O) groups is 3. The third-order valence-corrected chi connectivity index (χ3v) is 13.8. The van der Waals surface area contributed by atoms with Crippen molar-refractivity contribution < 1.29 is 33.0 Å². The lowest BCUT2D eigenvalue weighted by Gasteiger charge is -2.35. The molecule has 69 heavy (non-hydrogen) atoms. The van der Waals surface area contributed by atoms with Crippen LogP contribution in [0.2, 0.25) is 0 Å². The van der Waals surface area contributed by atoms with Gasteiger partial charge in [-0.3, -0.25) is 14.4 Å². The van der Waals surface area contributed by atoms with E-state index in [1.165, 1.54) is 38.7 Å². The van der Waals surface area contributed by atoms with Gasteiger partial charge in [-0.25, -0.2) is 0 Å². The molecule has 4 aromatic carbocycles. The topological polar surface area (TPSA) is 123 Å². The highest BCUT2D eigenvalue weighted by Gasteiger charge is 2.41. The van der Waals surface area contributed by atoms with Crippen LogP contribution in [-0.4, -0.2) is 78.2 Å². The molecule has 360 valence electrons. The van der Waals surface area contributed by atoms with Crippen molar-refractivity contribution in [2.45, 2.75) is 96.2 Å². The van der Waals surface area contributed by atoms with Gasteiger partial charge in [-0.15, -0.1) is 0 Å². The number of nitrogens with zero attached hydrogens (tertiary/aromatic N) is 5. The molecule has 3 amide bonds. The van der Waals surface area contributed by atoms with Crippen LogP contribution < -0.4 is 49.3 Å². The summed E-state index contributed by atoms with van der Waals surface area (Å²) in [5, 5.41) is 12.3. The number of aromatic nitrogens is 2. The molecule has 3 aliphatic heterocycles. The summed E-state index contributed by atoms with van der Waals surface area (Å²) in [6.45, 7) is 3.70. The normalized spacial score (nSPS) is 14.5. The average Bonchev–Trinajstić information content (AvgIpc) is 3.74. The summed E-state index contributed by atoms with van der Waals surface area (Å²) in [7, 11) is 8.30. The highest BCUT2D eigenvalue weighted by molar-refractivity contribution is 5.99. The predicted octanol–water partition coefficient (Wildman–Crippen LogP) is 7.93.